The Morgan fingerprint density at radius 2 is 2.10 bits per heavy atom. The number of nitrogens with two attached hydrogens (primary N) is 1. The zero-order valence-electron chi connectivity index (χ0n) is 12.7. The van der Waals surface area contributed by atoms with Crippen molar-refractivity contribution in [2.24, 2.45) is 5.92 Å². The van der Waals surface area contributed by atoms with E-state index in [4.69, 9.17) is 15.5 Å². The van der Waals surface area contributed by atoms with E-state index in [1.807, 2.05) is 0 Å². The Morgan fingerprint density at radius 3 is 2.65 bits per heavy atom. The van der Waals surface area contributed by atoms with E-state index in [2.05, 4.69) is 41.7 Å². The van der Waals surface area contributed by atoms with Crippen molar-refractivity contribution < 1.29 is 4.74 Å². The van der Waals surface area contributed by atoms with Gasteiger partial charge in [-0.05, 0) is 47.0 Å². The number of rotatable bonds is 3. The van der Waals surface area contributed by atoms with Gasteiger partial charge in [-0.1, -0.05) is 27.2 Å². The number of ether oxygens (including phenoxy) is 1. The average Bonchev–Trinajstić information content (AvgIpc) is 2.41. The lowest BCUT2D eigenvalue weighted by Gasteiger charge is -2.38. The van der Waals surface area contributed by atoms with Crippen molar-refractivity contribution in [2.75, 3.05) is 12.8 Å². The third-order valence-electron chi connectivity index (χ3n) is 4.20. The molecule has 2 rings (SSSR count). The third kappa shape index (κ3) is 2.84. The molecule has 1 aromatic rings. The molecule has 0 radical (unpaired) electrons. The Labute approximate surface area is 129 Å². The molecule has 1 heterocycles. The minimum Gasteiger partial charge on any atom is -0.383 e. The summed E-state index contributed by atoms with van der Waals surface area (Å²) in [5.41, 5.74) is 6.64. The highest BCUT2D eigenvalue weighted by Gasteiger charge is 2.40. The van der Waals surface area contributed by atoms with Crippen molar-refractivity contribution in [2.45, 2.75) is 58.0 Å². The summed E-state index contributed by atoms with van der Waals surface area (Å²) >= 11 is 3.50. The maximum atomic E-state index is 6.06. The zero-order chi connectivity index (χ0) is 14.9. The maximum absolute atomic E-state index is 6.06. The first-order valence-corrected chi connectivity index (χ1v) is 8.07. The average molecular weight is 342 g/mol. The molecule has 1 saturated carbocycles. The number of nitrogen functional groups attached to an aromatic ring is 1. The molecule has 1 aromatic heterocycles. The monoisotopic (exact) mass is 341 g/mol. The largest absolute Gasteiger partial charge is 0.383 e. The van der Waals surface area contributed by atoms with Crippen LogP contribution < -0.4 is 5.73 Å². The van der Waals surface area contributed by atoms with Gasteiger partial charge >= 0.3 is 0 Å². The summed E-state index contributed by atoms with van der Waals surface area (Å²) in [4.78, 5) is 9.28. The molecule has 0 bridgehead atoms. The molecular weight excluding hydrogens is 318 g/mol. The van der Waals surface area contributed by atoms with E-state index in [1.165, 1.54) is 6.42 Å². The van der Waals surface area contributed by atoms with Crippen LogP contribution >= 0.6 is 15.9 Å². The summed E-state index contributed by atoms with van der Waals surface area (Å²) in [5.74, 6) is 2.17. The normalized spacial score (nSPS) is 27.0. The van der Waals surface area contributed by atoms with Crippen molar-refractivity contribution in [3.05, 3.63) is 16.0 Å². The van der Waals surface area contributed by atoms with Crippen LogP contribution in [-0.2, 0) is 10.3 Å². The topological polar surface area (TPSA) is 61.0 Å². The highest BCUT2D eigenvalue weighted by atomic mass is 79.9. The first-order valence-electron chi connectivity index (χ1n) is 7.28. The predicted octanol–water partition coefficient (Wildman–Crippen LogP) is 4.00. The molecule has 2 N–H and O–H groups in total. The lowest BCUT2D eigenvalue weighted by Crippen LogP contribution is -2.36. The molecule has 1 fully saturated rings. The fourth-order valence-electron chi connectivity index (χ4n) is 3.05. The van der Waals surface area contributed by atoms with E-state index < -0.39 is 0 Å². The first-order chi connectivity index (χ1) is 9.39. The molecule has 0 aliphatic heterocycles. The third-order valence-corrected chi connectivity index (χ3v) is 5.02. The standard InChI is InChI=1S/C15H24BrN3O/c1-9(2)12-11(16)13(17)19-14(18-12)15(20-4)7-5-6-10(3)8-15/h9-10H,5-8H2,1-4H3,(H2,17,18,19). The molecular formula is C15H24BrN3O. The number of nitrogens with zero attached hydrogens (tertiary/aromatic N) is 2. The summed E-state index contributed by atoms with van der Waals surface area (Å²) in [5, 5.41) is 0. The van der Waals surface area contributed by atoms with Crippen LogP contribution in [0.4, 0.5) is 5.82 Å². The van der Waals surface area contributed by atoms with E-state index >= 15 is 0 Å². The van der Waals surface area contributed by atoms with Crippen LogP contribution in [0.3, 0.4) is 0 Å². The minimum atomic E-state index is -0.379. The quantitative estimate of drug-likeness (QED) is 0.902. The molecule has 0 spiro atoms. The van der Waals surface area contributed by atoms with Crippen molar-refractivity contribution in [3.8, 4) is 0 Å². The van der Waals surface area contributed by atoms with Gasteiger partial charge in [-0.3, -0.25) is 0 Å². The van der Waals surface area contributed by atoms with Crippen LogP contribution in [0, 0.1) is 5.92 Å². The van der Waals surface area contributed by atoms with E-state index in [1.54, 1.807) is 7.11 Å². The second-order valence-corrected chi connectivity index (χ2v) is 6.98. The van der Waals surface area contributed by atoms with E-state index in [0.29, 0.717) is 17.7 Å². The number of aromatic nitrogens is 2. The fraction of sp³-hybridized carbons (Fsp3) is 0.733. The maximum Gasteiger partial charge on any atom is 0.162 e. The number of hydrogen-bond acceptors (Lipinski definition) is 4. The van der Waals surface area contributed by atoms with Gasteiger partial charge in [0.15, 0.2) is 5.82 Å². The number of anilines is 1. The highest BCUT2D eigenvalue weighted by Crippen LogP contribution is 2.42. The van der Waals surface area contributed by atoms with Crippen molar-refractivity contribution in [1.82, 2.24) is 9.97 Å². The molecule has 0 saturated heterocycles. The Balaban J connectivity index is 2.49. The van der Waals surface area contributed by atoms with E-state index in [-0.39, 0.29) is 5.60 Å². The van der Waals surface area contributed by atoms with Crippen LogP contribution in [0.5, 0.6) is 0 Å². The van der Waals surface area contributed by atoms with E-state index in [0.717, 1.165) is 35.3 Å². The van der Waals surface area contributed by atoms with Crippen LogP contribution in [0.15, 0.2) is 4.47 Å². The highest BCUT2D eigenvalue weighted by molar-refractivity contribution is 9.10. The predicted molar refractivity (Wildman–Crippen MR) is 84.6 cm³/mol. The van der Waals surface area contributed by atoms with Crippen LogP contribution in [0.2, 0.25) is 0 Å². The summed E-state index contributed by atoms with van der Waals surface area (Å²) in [6, 6.07) is 0. The second-order valence-electron chi connectivity index (χ2n) is 6.19. The molecule has 0 amide bonds. The van der Waals surface area contributed by atoms with Gasteiger partial charge in [0.1, 0.15) is 11.4 Å². The summed E-state index contributed by atoms with van der Waals surface area (Å²) in [7, 11) is 1.76. The Hall–Kier alpha value is -0.680. The van der Waals surface area contributed by atoms with Gasteiger partial charge in [-0.15, -0.1) is 0 Å². The SMILES string of the molecule is COC1(c2nc(N)c(Br)c(C(C)C)n2)CCCC(C)C1. The molecule has 112 valence electrons. The number of halogens is 1. The van der Waals surface area contributed by atoms with Gasteiger partial charge in [-0.25, -0.2) is 9.97 Å². The van der Waals surface area contributed by atoms with Crippen molar-refractivity contribution >= 4 is 21.7 Å². The molecule has 20 heavy (non-hydrogen) atoms. The lowest BCUT2D eigenvalue weighted by molar-refractivity contribution is -0.0647. The number of hydrogen-bond donors (Lipinski definition) is 1. The van der Waals surface area contributed by atoms with Crippen molar-refractivity contribution in [3.63, 3.8) is 0 Å². The minimum absolute atomic E-state index is 0.295. The summed E-state index contributed by atoms with van der Waals surface area (Å²) in [6.07, 6.45) is 4.31. The van der Waals surface area contributed by atoms with E-state index in [9.17, 15) is 0 Å². The van der Waals surface area contributed by atoms with Gasteiger partial charge in [0.2, 0.25) is 0 Å². The lowest BCUT2D eigenvalue weighted by atomic mass is 9.78. The van der Waals surface area contributed by atoms with Crippen molar-refractivity contribution in [1.29, 1.82) is 0 Å². The molecule has 1 aliphatic rings. The summed E-state index contributed by atoms with van der Waals surface area (Å²) in [6.45, 7) is 6.48. The number of methoxy groups -OCH3 is 1. The van der Waals surface area contributed by atoms with Gasteiger partial charge in [0.25, 0.3) is 0 Å². The Kier molecular flexibility index (Phi) is 4.69. The fourth-order valence-corrected chi connectivity index (χ4v) is 3.69. The van der Waals surface area contributed by atoms with Gasteiger partial charge in [0, 0.05) is 7.11 Å². The van der Waals surface area contributed by atoms with Crippen LogP contribution in [-0.4, -0.2) is 17.1 Å². The van der Waals surface area contributed by atoms with Crippen LogP contribution in [0.25, 0.3) is 0 Å². The smallest absolute Gasteiger partial charge is 0.162 e. The Morgan fingerprint density at radius 1 is 1.40 bits per heavy atom. The summed E-state index contributed by atoms with van der Waals surface area (Å²) < 4.78 is 6.68. The van der Waals surface area contributed by atoms with Gasteiger partial charge in [0.05, 0.1) is 10.2 Å². The molecule has 0 aromatic carbocycles. The van der Waals surface area contributed by atoms with Gasteiger partial charge < -0.3 is 10.5 Å². The first kappa shape index (κ1) is 15.7. The molecule has 2 atom stereocenters. The molecule has 4 nitrogen and oxygen atoms in total. The Bertz CT molecular complexity index is 492. The zero-order valence-corrected chi connectivity index (χ0v) is 14.3. The van der Waals surface area contributed by atoms with Gasteiger partial charge in [-0.2, -0.15) is 0 Å². The van der Waals surface area contributed by atoms with Crippen LogP contribution in [0.1, 0.15) is 63.9 Å². The molecule has 2 unspecified atom stereocenters. The molecule has 5 heteroatoms. The second kappa shape index (κ2) is 5.98. The molecule has 1 aliphatic carbocycles.